The highest BCUT2D eigenvalue weighted by Crippen LogP contribution is 2.39. The van der Waals surface area contributed by atoms with Crippen LogP contribution in [0.4, 0.5) is 5.69 Å². The van der Waals surface area contributed by atoms with Crippen LogP contribution in [0, 0.1) is 0 Å². The second kappa shape index (κ2) is 4.18. The number of ketones is 1. The average Bonchev–Trinajstić information content (AvgIpc) is 2.55. The summed E-state index contributed by atoms with van der Waals surface area (Å²) in [6.45, 7) is 0. The number of carbonyl (C=O) groups excluding carboxylic acids is 1. The Morgan fingerprint density at radius 1 is 1.06 bits per heavy atom. The van der Waals surface area contributed by atoms with E-state index in [1.54, 1.807) is 0 Å². The van der Waals surface area contributed by atoms with Gasteiger partial charge in [0.05, 0.1) is 10.0 Å². The van der Waals surface area contributed by atoms with Crippen molar-refractivity contribution in [3.8, 4) is 0 Å². The molecule has 1 aromatic carbocycles. The highest BCUT2D eigenvalue weighted by molar-refractivity contribution is 6.42. The second-order valence-corrected chi connectivity index (χ2v) is 5.65. The molecule has 2 aliphatic rings. The number of Topliss-reactive ketones (excluding diaryl/α,β-unsaturated/α-hetero) is 1. The van der Waals surface area contributed by atoms with Crippen molar-refractivity contribution in [3.63, 3.8) is 0 Å². The Morgan fingerprint density at radius 3 is 2.29 bits per heavy atom. The third-order valence-electron chi connectivity index (χ3n) is 3.75. The maximum absolute atomic E-state index is 11.5. The zero-order valence-corrected chi connectivity index (χ0v) is 10.8. The van der Waals surface area contributed by atoms with Crippen molar-refractivity contribution in [3.05, 3.63) is 28.2 Å². The number of rotatable bonds is 1. The van der Waals surface area contributed by atoms with E-state index in [1.807, 2.05) is 18.2 Å². The molecule has 3 rings (SSSR count). The summed E-state index contributed by atoms with van der Waals surface area (Å²) >= 11 is 12.0. The Kier molecular flexibility index (Phi) is 2.80. The first kappa shape index (κ1) is 11.4. The molecule has 0 radical (unpaired) electrons. The van der Waals surface area contributed by atoms with Gasteiger partial charge in [-0.05, 0) is 31.0 Å². The van der Waals surface area contributed by atoms with Crippen LogP contribution in [0.15, 0.2) is 18.2 Å². The minimum absolute atomic E-state index is 0.360. The topological polar surface area (TPSA) is 20.3 Å². The number of fused-ring (bicyclic) bond motifs is 2. The van der Waals surface area contributed by atoms with Gasteiger partial charge in [0.2, 0.25) is 0 Å². The zero-order chi connectivity index (χ0) is 12.0. The van der Waals surface area contributed by atoms with E-state index in [0.717, 1.165) is 18.5 Å². The molecule has 0 saturated carbocycles. The largest absolute Gasteiger partial charge is 0.365 e. The molecule has 2 aliphatic heterocycles. The number of hydrogen-bond donors (Lipinski definition) is 0. The molecule has 90 valence electrons. The van der Waals surface area contributed by atoms with E-state index >= 15 is 0 Å². The predicted octanol–water partition coefficient (Wildman–Crippen LogP) is 3.69. The lowest BCUT2D eigenvalue weighted by Gasteiger charge is -2.36. The summed E-state index contributed by atoms with van der Waals surface area (Å²) < 4.78 is 0. The Labute approximate surface area is 111 Å². The molecule has 0 aliphatic carbocycles. The van der Waals surface area contributed by atoms with E-state index in [0.29, 0.717) is 40.8 Å². The standard InChI is InChI=1S/C13H13Cl2NO/c14-12-4-3-10(7-13(12)15)16-8-1-2-9(16)6-11(17)5-8/h3-4,7-9H,1-2,5-6H2. The number of benzene rings is 1. The molecule has 17 heavy (non-hydrogen) atoms. The monoisotopic (exact) mass is 269 g/mol. The number of halogens is 2. The number of anilines is 1. The summed E-state index contributed by atoms with van der Waals surface area (Å²) in [5.41, 5.74) is 1.10. The summed E-state index contributed by atoms with van der Waals surface area (Å²) in [6.07, 6.45) is 3.57. The molecule has 2 saturated heterocycles. The first-order chi connectivity index (χ1) is 8.15. The minimum atomic E-state index is 0.360. The Bertz CT molecular complexity index is 458. The number of nitrogens with zero attached hydrogens (tertiary/aromatic N) is 1. The van der Waals surface area contributed by atoms with Gasteiger partial charge < -0.3 is 4.90 Å². The lowest BCUT2D eigenvalue weighted by molar-refractivity contribution is -0.120. The molecule has 2 nitrogen and oxygen atoms in total. The summed E-state index contributed by atoms with van der Waals surface area (Å²) in [5, 5.41) is 1.16. The van der Waals surface area contributed by atoms with Crippen molar-refractivity contribution in [1.82, 2.24) is 0 Å². The van der Waals surface area contributed by atoms with Crippen LogP contribution in [0.3, 0.4) is 0 Å². The van der Waals surface area contributed by atoms with Crippen molar-refractivity contribution >= 4 is 34.7 Å². The normalized spacial score (nSPS) is 27.6. The van der Waals surface area contributed by atoms with Gasteiger partial charge in [-0.25, -0.2) is 0 Å². The fourth-order valence-corrected chi connectivity index (χ4v) is 3.33. The summed E-state index contributed by atoms with van der Waals surface area (Å²) in [4.78, 5) is 13.9. The minimum Gasteiger partial charge on any atom is -0.365 e. The lowest BCUT2D eigenvalue weighted by Crippen LogP contribution is -2.43. The van der Waals surface area contributed by atoms with Crippen LogP contribution < -0.4 is 4.90 Å². The van der Waals surface area contributed by atoms with Gasteiger partial charge >= 0.3 is 0 Å². The van der Waals surface area contributed by atoms with Crippen LogP contribution in [-0.4, -0.2) is 17.9 Å². The molecule has 2 bridgehead atoms. The van der Waals surface area contributed by atoms with Gasteiger partial charge in [0.1, 0.15) is 5.78 Å². The fourth-order valence-electron chi connectivity index (χ4n) is 3.04. The molecule has 0 N–H and O–H groups in total. The maximum atomic E-state index is 11.5. The molecule has 2 unspecified atom stereocenters. The van der Waals surface area contributed by atoms with E-state index in [1.165, 1.54) is 0 Å². The predicted molar refractivity (Wildman–Crippen MR) is 70.0 cm³/mol. The number of carbonyl (C=O) groups is 1. The van der Waals surface area contributed by atoms with Crippen LogP contribution in [0.5, 0.6) is 0 Å². The Hall–Kier alpha value is -0.730. The molecule has 0 amide bonds. The zero-order valence-electron chi connectivity index (χ0n) is 9.33. The molecule has 2 atom stereocenters. The van der Waals surface area contributed by atoms with Gasteiger partial charge in [-0.2, -0.15) is 0 Å². The first-order valence-electron chi connectivity index (χ1n) is 5.90. The molecule has 4 heteroatoms. The summed E-state index contributed by atoms with van der Waals surface area (Å²) in [5.74, 6) is 0.397. The molecular weight excluding hydrogens is 257 g/mol. The molecule has 2 fully saturated rings. The van der Waals surface area contributed by atoms with Crippen LogP contribution in [-0.2, 0) is 4.79 Å². The van der Waals surface area contributed by atoms with Crippen molar-refractivity contribution in [2.45, 2.75) is 37.8 Å². The Balaban J connectivity index is 1.94. The fraction of sp³-hybridized carbons (Fsp3) is 0.462. The van der Waals surface area contributed by atoms with Gasteiger partial charge in [0.25, 0.3) is 0 Å². The van der Waals surface area contributed by atoms with Crippen molar-refractivity contribution in [2.75, 3.05) is 4.90 Å². The highest BCUT2D eigenvalue weighted by atomic mass is 35.5. The number of piperidine rings is 1. The summed E-state index contributed by atoms with van der Waals surface area (Å²) in [7, 11) is 0. The lowest BCUT2D eigenvalue weighted by atomic mass is 10.0. The van der Waals surface area contributed by atoms with Gasteiger partial charge in [0, 0.05) is 30.6 Å². The van der Waals surface area contributed by atoms with Gasteiger partial charge in [-0.3, -0.25) is 4.79 Å². The van der Waals surface area contributed by atoms with Gasteiger partial charge in [0.15, 0.2) is 0 Å². The van der Waals surface area contributed by atoms with Crippen molar-refractivity contribution < 1.29 is 4.79 Å². The quantitative estimate of drug-likeness (QED) is 0.775. The first-order valence-corrected chi connectivity index (χ1v) is 6.66. The summed E-state index contributed by atoms with van der Waals surface area (Å²) in [6, 6.07) is 6.45. The van der Waals surface area contributed by atoms with E-state index in [2.05, 4.69) is 4.90 Å². The van der Waals surface area contributed by atoms with Crippen LogP contribution in [0.25, 0.3) is 0 Å². The molecule has 2 heterocycles. The highest BCUT2D eigenvalue weighted by Gasteiger charge is 2.40. The van der Waals surface area contributed by atoms with Crippen LogP contribution >= 0.6 is 23.2 Å². The third kappa shape index (κ3) is 1.94. The molecule has 0 spiro atoms. The van der Waals surface area contributed by atoms with Crippen molar-refractivity contribution in [2.24, 2.45) is 0 Å². The second-order valence-electron chi connectivity index (χ2n) is 4.84. The molecular formula is C13H13Cl2NO. The SMILES string of the molecule is O=C1CC2CCC(C1)N2c1ccc(Cl)c(Cl)c1. The van der Waals surface area contributed by atoms with E-state index in [4.69, 9.17) is 23.2 Å². The maximum Gasteiger partial charge on any atom is 0.137 e. The van der Waals surface area contributed by atoms with Crippen molar-refractivity contribution in [1.29, 1.82) is 0 Å². The van der Waals surface area contributed by atoms with Crippen LogP contribution in [0.2, 0.25) is 10.0 Å². The third-order valence-corrected chi connectivity index (χ3v) is 4.49. The molecule has 1 aromatic rings. The van der Waals surface area contributed by atoms with E-state index in [9.17, 15) is 4.79 Å². The van der Waals surface area contributed by atoms with Gasteiger partial charge in [-0.1, -0.05) is 23.2 Å². The Morgan fingerprint density at radius 2 is 1.71 bits per heavy atom. The van der Waals surface area contributed by atoms with E-state index in [-0.39, 0.29) is 0 Å². The van der Waals surface area contributed by atoms with Gasteiger partial charge in [-0.15, -0.1) is 0 Å². The van der Waals surface area contributed by atoms with Crippen LogP contribution in [0.1, 0.15) is 25.7 Å². The van der Waals surface area contributed by atoms with E-state index < -0.39 is 0 Å². The number of hydrogen-bond acceptors (Lipinski definition) is 2. The molecule has 0 aromatic heterocycles. The smallest absolute Gasteiger partial charge is 0.137 e. The average molecular weight is 270 g/mol.